The summed E-state index contributed by atoms with van der Waals surface area (Å²) in [5, 5.41) is 3.36. The number of nitrogens with one attached hydrogen (secondary N) is 1. The zero-order valence-corrected chi connectivity index (χ0v) is 13.1. The summed E-state index contributed by atoms with van der Waals surface area (Å²) in [6, 6.07) is 7.03. The van der Waals surface area contributed by atoms with Gasteiger partial charge in [-0.25, -0.2) is 9.97 Å². The molecule has 21 heavy (non-hydrogen) atoms. The molecule has 1 heterocycles. The molecule has 1 aromatic heterocycles. The van der Waals surface area contributed by atoms with E-state index in [0.717, 1.165) is 18.7 Å². The maximum Gasteiger partial charge on any atom is 0.132 e. The fourth-order valence-corrected chi connectivity index (χ4v) is 3.07. The monoisotopic (exact) mass is 281 g/mol. The van der Waals surface area contributed by atoms with Crippen molar-refractivity contribution in [2.75, 3.05) is 7.05 Å². The highest BCUT2D eigenvalue weighted by Crippen LogP contribution is 2.27. The van der Waals surface area contributed by atoms with Crippen molar-refractivity contribution in [1.29, 1.82) is 0 Å². The lowest BCUT2D eigenvalue weighted by Gasteiger charge is -2.24. The molecule has 0 aliphatic heterocycles. The molecule has 1 atom stereocenters. The van der Waals surface area contributed by atoms with E-state index in [1.807, 2.05) is 13.2 Å². The van der Waals surface area contributed by atoms with Crippen LogP contribution in [0, 0.1) is 13.8 Å². The van der Waals surface area contributed by atoms with Crippen molar-refractivity contribution in [1.82, 2.24) is 15.3 Å². The highest BCUT2D eigenvalue weighted by molar-refractivity contribution is 5.32. The third-order valence-electron chi connectivity index (χ3n) is 4.51. The summed E-state index contributed by atoms with van der Waals surface area (Å²) >= 11 is 0. The molecule has 0 saturated heterocycles. The molecule has 3 nitrogen and oxygen atoms in total. The minimum Gasteiger partial charge on any atom is -0.313 e. The molecule has 3 heteroatoms. The first-order valence-corrected chi connectivity index (χ1v) is 7.75. The Kier molecular flexibility index (Phi) is 4.02. The van der Waals surface area contributed by atoms with Gasteiger partial charge in [-0.15, -0.1) is 0 Å². The van der Waals surface area contributed by atoms with E-state index in [2.05, 4.69) is 42.3 Å². The van der Waals surface area contributed by atoms with E-state index < -0.39 is 0 Å². The van der Waals surface area contributed by atoms with Gasteiger partial charge >= 0.3 is 0 Å². The van der Waals surface area contributed by atoms with Gasteiger partial charge in [-0.2, -0.15) is 0 Å². The molecule has 1 unspecified atom stereocenters. The minimum atomic E-state index is 0.421. The molecule has 0 fully saturated rings. The van der Waals surface area contributed by atoms with Crippen LogP contribution in [-0.2, 0) is 12.8 Å². The van der Waals surface area contributed by atoms with Crippen LogP contribution in [0.4, 0.5) is 0 Å². The number of hydrogen-bond acceptors (Lipinski definition) is 3. The number of benzene rings is 1. The largest absolute Gasteiger partial charge is 0.313 e. The van der Waals surface area contributed by atoms with E-state index in [9.17, 15) is 0 Å². The molecule has 0 bridgehead atoms. The van der Waals surface area contributed by atoms with E-state index in [0.29, 0.717) is 6.04 Å². The second kappa shape index (κ2) is 5.94. The Morgan fingerprint density at radius 3 is 2.86 bits per heavy atom. The quantitative estimate of drug-likeness (QED) is 0.938. The van der Waals surface area contributed by atoms with Crippen molar-refractivity contribution in [2.45, 2.75) is 45.6 Å². The Bertz CT molecular complexity index is 649. The fourth-order valence-electron chi connectivity index (χ4n) is 3.07. The van der Waals surface area contributed by atoms with E-state index in [-0.39, 0.29) is 0 Å². The number of fused-ring (bicyclic) bond motifs is 1. The summed E-state index contributed by atoms with van der Waals surface area (Å²) in [4.78, 5) is 9.39. The van der Waals surface area contributed by atoms with Crippen molar-refractivity contribution in [3.63, 3.8) is 0 Å². The second-order valence-electron chi connectivity index (χ2n) is 6.02. The Morgan fingerprint density at radius 2 is 2.10 bits per heavy atom. The standard InChI is InChI=1S/C18H23N3/c1-12-7-8-14(9-13(12)2)10-18-20-11-15-16(19-3)5-4-6-17(15)21-18/h7-9,11,16,19H,4-6,10H2,1-3H3. The summed E-state index contributed by atoms with van der Waals surface area (Å²) in [6.07, 6.45) is 6.32. The van der Waals surface area contributed by atoms with Crippen LogP contribution in [-0.4, -0.2) is 17.0 Å². The number of nitrogens with zero attached hydrogens (tertiary/aromatic N) is 2. The van der Waals surface area contributed by atoms with Crippen molar-refractivity contribution < 1.29 is 0 Å². The Balaban J connectivity index is 1.85. The van der Waals surface area contributed by atoms with Gasteiger partial charge in [-0.1, -0.05) is 18.2 Å². The van der Waals surface area contributed by atoms with Gasteiger partial charge in [-0.3, -0.25) is 0 Å². The van der Waals surface area contributed by atoms with Gasteiger partial charge in [0.2, 0.25) is 0 Å². The summed E-state index contributed by atoms with van der Waals surface area (Å²) < 4.78 is 0. The molecule has 3 rings (SSSR count). The van der Waals surface area contributed by atoms with Crippen LogP contribution in [0.15, 0.2) is 24.4 Å². The third-order valence-corrected chi connectivity index (χ3v) is 4.51. The van der Waals surface area contributed by atoms with E-state index in [4.69, 9.17) is 4.98 Å². The zero-order valence-electron chi connectivity index (χ0n) is 13.1. The smallest absolute Gasteiger partial charge is 0.132 e. The SMILES string of the molecule is CNC1CCCc2nc(Cc3ccc(C)c(C)c3)ncc21. The van der Waals surface area contributed by atoms with E-state index >= 15 is 0 Å². The first-order valence-electron chi connectivity index (χ1n) is 7.75. The highest BCUT2D eigenvalue weighted by atomic mass is 14.9. The molecule has 0 saturated carbocycles. The lowest BCUT2D eigenvalue weighted by Crippen LogP contribution is -2.23. The zero-order chi connectivity index (χ0) is 14.8. The van der Waals surface area contributed by atoms with Gasteiger partial charge in [0.15, 0.2) is 0 Å². The molecular weight excluding hydrogens is 258 g/mol. The van der Waals surface area contributed by atoms with Crippen molar-refractivity contribution in [3.8, 4) is 0 Å². The lowest BCUT2D eigenvalue weighted by atomic mass is 9.92. The number of aryl methyl sites for hydroxylation is 3. The molecule has 2 aromatic rings. The summed E-state index contributed by atoms with van der Waals surface area (Å²) in [5.41, 5.74) is 6.48. The number of hydrogen-bond donors (Lipinski definition) is 1. The molecule has 1 aromatic carbocycles. The van der Waals surface area contributed by atoms with Gasteiger partial charge in [0.05, 0.1) is 0 Å². The predicted molar refractivity (Wildman–Crippen MR) is 85.5 cm³/mol. The third kappa shape index (κ3) is 2.98. The van der Waals surface area contributed by atoms with Crippen LogP contribution in [0.25, 0.3) is 0 Å². The fraction of sp³-hybridized carbons (Fsp3) is 0.444. The van der Waals surface area contributed by atoms with Crippen molar-refractivity contribution in [2.24, 2.45) is 0 Å². The normalized spacial score (nSPS) is 17.6. The van der Waals surface area contributed by atoms with Crippen LogP contribution < -0.4 is 5.32 Å². The summed E-state index contributed by atoms with van der Waals surface area (Å²) in [6.45, 7) is 4.30. The van der Waals surface area contributed by atoms with E-state index in [1.165, 1.54) is 40.8 Å². The van der Waals surface area contributed by atoms with Crippen LogP contribution in [0.5, 0.6) is 0 Å². The Morgan fingerprint density at radius 1 is 1.24 bits per heavy atom. The van der Waals surface area contributed by atoms with Gasteiger partial charge in [0.25, 0.3) is 0 Å². The second-order valence-corrected chi connectivity index (χ2v) is 6.02. The average molecular weight is 281 g/mol. The Hall–Kier alpha value is -1.74. The summed E-state index contributed by atoms with van der Waals surface area (Å²) in [7, 11) is 2.02. The first kappa shape index (κ1) is 14.2. The molecule has 1 aliphatic carbocycles. The van der Waals surface area contributed by atoms with E-state index in [1.54, 1.807) is 0 Å². The first-order chi connectivity index (χ1) is 10.2. The van der Waals surface area contributed by atoms with Crippen molar-refractivity contribution in [3.05, 3.63) is 58.2 Å². The van der Waals surface area contributed by atoms with Crippen LogP contribution >= 0.6 is 0 Å². The van der Waals surface area contributed by atoms with Crippen molar-refractivity contribution >= 4 is 0 Å². The summed E-state index contributed by atoms with van der Waals surface area (Å²) in [5.74, 6) is 0.939. The van der Waals surface area contributed by atoms with Crippen LogP contribution in [0.1, 0.15) is 52.7 Å². The maximum absolute atomic E-state index is 4.81. The maximum atomic E-state index is 4.81. The highest BCUT2D eigenvalue weighted by Gasteiger charge is 2.20. The lowest BCUT2D eigenvalue weighted by molar-refractivity contribution is 0.485. The van der Waals surface area contributed by atoms with Gasteiger partial charge in [-0.05, 0) is 56.8 Å². The van der Waals surface area contributed by atoms with Gasteiger partial charge in [0, 0.05) is 29.9 Å². The molecular formula is C18H23N3. The average Bonchev–Trinajstić information content (AvgIpc) is 2.50. The molecule has 0 spiro atoms. The number of rotatable bonds is 3. The Labute approximate surface area is 126 Å². The topological polar surface area (TPSA) is 37.8 Å². The van der Waals surface area contributed by atoms with Gasteiger partial charge in [0.1, 0.15) is 5.82 Å². The molecule has 0 radical (unpaired) electrons. The molecule has 1 N–H and O–H groups in total. The molecule has 110 valence electrons. The van der Waals surface area contributed by atoms with Crippen LogP contribution in [0.2, 0.25) is 0 Å². The van der Waals surface area contributed by atoms with Gasteiger partial charge < -0.3 is 5.32 Å². The molecule has 0 amide bonds. The minimum absolute atomic E-state index is 0.421. The van der Waals surface area contributed by atoms with Crippen LogP contribution in [0.3, 0.4) is 0 Å². The number of aromatic nitrogens is 2. The predicted octanol–water partition coefficient (Wildman–Crippen LogP) is 3.28. The molecule has 1 aliphatic rings.